The van der Waals surface area contributed by atoms with Crippen LogP contribution in [0, 0.1) is 46.3 Å². The Hall–Kier alpha value is -1.42. The molecule has 1 aromatic heterocycles. The van der Waals surface area contributed by atoms with Crippen molar-refractivity contribution >= 4 is 5.97 Å². The standard InChI is InChI=1S/C31H48N2O2/c1-21(8-13-29(34)35-4)26-11-12-27-25-10-9-22-19-23(33-20-24-7-5-6-18-32-24)14-16-30(22,2)28(25)15-17-31(26,27)3/h5-7,18,21-23,25-28,33H,8-17,19-20H2,1-4H3/t21-,22+,23-,25?,26-,27?,28?,30+,31-/m1/s1. The van der Waals surface area contributed by atoms with Gasteiger partial charge in [-0.05, 0) is 123 Å². The van der Waals surface area contributed by atoms with Gasteiger partial charge in [-0.25, -0.2) is 0 Å². The largest absolute Gasteiger partial charge is 0.469 e. The van der Waals surface area contributed by atoms with Crippen LogP contribution in [0.15, 0.2) is 24.4 Å². The number of hydrogen-bond acceptors (Lipinski definition) is 4. The lowest BCUT2D eigenvalue weighted by Gasteiger charge is -2.61. The Morgan fingerprint density at radius 2 is 1.89 bits per heavy atom. The number of nitrogens with one attached hydrogen (secondary N) is 1. The van der Waals surface area contributed by atoms with Gasteiger partial charge in [0.1, 0.15) is 0 Å². The van der Waals surface area contributed by atoms with E-state index in [1.807, 2.05) is 12.3 Å². The second kappa shape index (κ2) is 10.1. The van der Waals surface area contributed by atoms with Crippen molar-refractivity contribution in [1.82, 2.24) is 10.3 Å². The number of hydrogen-bond donors (Lipinski definition) is 1. The van der Waals surface area contributed by atoms with Crippen molar-refractivity contribution in [3.05, 3.63) is 30.1 Å². The summed E-state index contributed by atoms with van der Waals surface area (Å²) in [6, 6.07) is 6.87. The molecular formula is C31H48N2O2. The zero-order valence-electron chi connectivity index (χ0n) is 22.6. The Morgan fingerprint density at radius 1 is 1.09 bits per heavy atom. The van der Waals surface area contributed by atoms with Gasteiger partial charge in [-0.15, -0.1) is 0 Å². The first-order valence-electron chi connectivity index (χ1n) is 14.5. The summed E-state index contributed by atoms with van der Waals surface area (Å²) < 4.78 is 4.93. The molecule has 4 saturated carbocycles. The summed E-state index contributed by atoms with van der Waals surface area (Å²) >= 11 is 0. The molecule has 0 spiro atoms. The van der Waals surface area contributed by atoms with E-state index in [-0.39, 0.29) is 5.97 Å². The van der Waals surface area contributed by atoms with Gasteiger partial charge in [0.25, 0.3) is 0 Å². The summed E-state index contributed by atoms with van der Waals surface area (Å²) in [6.07, 6.45) is 16.0. The summed E-state index contributed by atoms with van der Waals surface area (Å²) in [7, 11) is 1.52. The first-order chi connectivity index (χ1) is 16.8. The highest BCUT2D eigenvalue weighted by Crippen LogP contribution is 2.68. The van der Waals surface area contributed by atoms with Gasteiger partial charge in [0.05, 0.1) is 12.8 Å². The maximum absolute atomic E-state index is 11.8. The second-order valence-electron chi connectivity index (χ2n) is 13.2. The SMILES string of the molecule is COC(=O)CC[C@@H](C)[C@H]1CCC2C3CC[C@H]4C[C@H](NCc5ccccn5)CC[C@]4(C)C3CC[C@@]21C. The number of ether oxygens (including phenoxy) is 1. The van der Waals surface area contributed by atoms with Gasteiger partial charge in [-0.1, -0.05) is 26.8 Å². The van der Waals surface area contributed by atoms with Crippen molar-refractivity contribution < 1.29 is 9.53 Å². The van der Waals surface area contributed by atoms with E-state index in [0.29, 0.717) is 29.2 Å². The van der Waals surface area contributed by atoms with Crippen LogP contribution in [0.1, 0.15) is 97.1 Å². The molecule has 0 aromatic carbocycles. The van der Waals surface area contributed by atoms with E-state index < -0.39 is 0 Å². The maximum atomic E-state index is 11.8. The Morgan fingerprint density at radius 3 is 2.66 bits per heavy atom. The van der Waals surface area contributed by atoms with Gasteiger partial charge in [0.15, 0.2) is 0 Å². The quantitative estimate of drug-likeness (QED) is 0.437. The van der Waals surface area contributed by atoms with Crippen LogP contribution in [0.2, 0.25) is 0 Å². The minimum absolute atomic E-state index is 0.0448. The van der Waals surface area contributed by atoms with Gasteiger partial charge in [-0.2, -0.15) is 0 Å². The summed E-state index contributed by atoms with van der Waals surface area (Å²) in [4.78, 5) is 16.3. The van der Waals surface area contributed by atoms with Crippen molar-refractivity contribution in [2.75, 3.05) is 7.11 Å². The molecule has 1 aromatic rings. The molecule has 0 bridgehead atoms. The number of aromatic nitrogens is 1. The zero-order chi connectivity index (χ0) is 24.6. The number of carbonyl (C=O) groups is 1. The van der Waals surface area contributed by atoms with Gasteiger partial charge < -0.3 is 10.1 Å². The van der Waals surface area contributed by atoms with E-state index in [2.05, 4.69) is 43.2 Å². The molecule has 4 aliphatic carbocycles. The fourth-order valence-corrected chi connectivity index (χ4v) is 9.82. The topological polar surface area (TPSA) is 51.2 Å². The lowest BCUT2D eigenvalue weighted by molar-refractivity contribution is -0.141. The van der Waals surface area contributed by atoms with Gasteiger partial charge in [0.2, 0.25) is 0 Å². The number of methoxy groups -OCH3 is 1. The van der Waals surface area contributed by atoms with Crippen LogP contribution >= 0.6 is 0 Å². The van der Waals surface area contributed by atoms with Gasteiger partial charge >= 0.3 is 5.97 Å². The molecule has 5 rings (SSSR count). The number of carbonyl (C=O) groups excluding carboxylic acids is 1. The minimum Gasteiger partial charge on any atom is -0.469 e. The van der Waals surface area contributed by atoms with Crippen LogP contribution in [0.25, 0.3) is 0 Å². The molecule has 0 amide bonds. The second-order valence-corrected chi connectivity index (χ2v) is 13.2. The monoisotopic (exact) mass is 480 g/mol. The Balaban J connectivity index is 1.22. The van der Waals surface area contributed by atoms with Gasteiger partial charge in [-0.3, -0.25) is 9.78 Å². The summed E-state index contributed by atoms with van der Waals surface area (Å²) in [5.41, 5.74) is 2.16. The average Bonchev–Trinajstić information content (AvgIpc) is 3.23. The van der Waals surface area contributed by atoms with E-state index in [1.165, 1.54) is 64.9 Å². The minimum atomic E-state index is -0.0448. The molecule has 4 heteroatoms. The molecule has 3 unspecified atom stereocenters. The Kier molecular flexibility index (Phi) is 7.32. The van der Waals surface area contributed by atoms with E-state index in [0.717, 1.165) is 48.2 Å². The van der Waals surface area contributed by atoms with Crippen molar-refractivity contribution in [3.8, 4) is 0 Å². The molecule has 194 valence electrons. The van der Waals surface area contributed by atoms with Gasteiger partial charge in [0, 0.05) is 25.2 Å². The van der Waals surface area contributed by atoms with Crippen molar-refractivity contribution in [1.29, 1.82) is 0 Å². The molecular weight excluding hydrogens is 432 g/mol. The molecule has 35 heavy (non-hydrogen) atoms. The van der Waals surface area contributed by atoms with Crippen molar-refractivity contribution in [2.45, 2.75) is 104 Å². The Bertz CT molecular complexity index is 874. The highest BCUT2D eigenvalue weighted by molar-refractivity contribution is 5.69. The molecule has 9 atom stereocenters. The van der Waals surface area contributed by atoms with E-state index >= 15 is 0 Å². The third-order valence-electron chi connectivity index (χ3n) is 11.8. The van der Waals surface area contributed by atoms with Crippen LogP contribution in [0.4, 0.5) is 0 Å². The summed E-state index contributed by atoms with van der Waals surface area (Å²) in [5.74, 6) is 4.95. The summed E-state index contributed by atoms with van der Waals surface area (Å²) in [5, 5.41) is 3.85. The number of nitrogens with zero attached hydrogens (tertiary/aromatic N) is 1. The Labute approximate surface area is 213 Å². The molecule has 0 aliphatic heterocycles. The molecule has 0 saturated heterocycles. The lowest BCUT2D eigenvalue weighted by atomic mass is 9.44. The van der Waals surface area contributed by atoms with Crippen molar-refractivity contribution in [3.63, 3.8) is 0 Å². The van der Waals surface area contributed by atoms with Crippen LogP contribution in [0.3, 0.4) is 0 Å². The predicted octanol–water partition coefficient (Wildman–Crippen LogP) is 6.79. The van der Waals surface area contributed by atoms with Crippen molar-refractivity contribution in [2.24, 2.45) is 46.3 Å². The lowest BCUT2D eigenvalue weighted by Crippen LogP contribution is -2.55. The molecule has 1 N–H and O–H groups in total. The molecule has 4 nitrogen and oxygen atoms in total. The first kappa shape index (κ1) is 25.2. The predicted molar refractivity (Wildman–Crippen MR) is 140 cm³/mol. The molecule has 1 heterocycles. The molecule has 4 fully saturated rings. The highest BCUT2D eigenvalue weighted by atomic mass is 16.5. The number of esters is 1. The smallest absolute Gasteiger partial charge is 0.305 e. The zero-order valence-corrected chi connectivity index (χ0v) is 22.6. The van der Waals surface area contributed by atoms with E-state index in [9.17, 15) is 4.79 Å². The molecule has 4 aliphatic rings. The number of pyridine rings is 1. The average molecular weight is 481 g/mol. The van der Waals surface area contributed by atoms with Crippen LogP contribution < -0.4 is 5.32 Å². The van der Waals surface area contributed by atoms with Crippen LogP contribution in [-0.2, 0) is 16.1 Å². The summed E-state index contributed by atoms with van der Waals surface area (Å²) in [6.45, 7) is 8.62. The fraction of sp³-hybridized carbons (Fsp3) is 0.806. The normalized spacial score (nSPS) is 41.4. The maximum Gasteiger partial charge on any atom is 0.305 e. The third-order valence-corrected chi connectivity index (χ3v) is 11.8. The van der Waals surface area contributed by atoms with Crippen LogP contribution in [-0.4, -0.2) is 24.1 Å². The van der Waals surface area contributed by atoms with E-state index in [4.69, 9.17) is 4.74 Å². The highest BCUT2D eigenvalue weighted by Gasteiger charge is 2.60. The third kappa shape index (κ3) is 4.69. The number of rotatable bonds is 7. The van der Waals surface area contributed by atoms with E-state index in [1.54, 1.807) is 0 Å². The first-order valence-corrected chi connectivity index (χ1v) is 14.5. The molecule has 0 radical (unpaired) electrons. The fourth-order valence-electron chi connectivity index (χ4n) is 9.82. The van der Waals surface area contributed by atoms with Crippen LogP contribution in [0.5, 0.6) is 0 Å². The number of fused-ring (bicyclic) bond motifs is 5.